The van der Waals surface area contributed by atoms with Crippen molar-refractivity contribution in [2.75, 3.05) is 45.8 Å². The van der Waals surface area contributed by atoms with Crippen LogP contribution >= 0.6 is 35.3 Å². The molecule has 1 fully saturated rings. The Balaban J connectivity index is 0.00000243. The topological polar surface area (TPSA) is 42.9 Å². The maximum atomic E-state index is 4.84. The van der Waals surface area contributed by atoms with Gasteiger partial charge in [-0.3, -0.25) is 14.8 Å². The zero-order valence-corrected chi connectivity index (χ0v) is 19.3. The lowest BCUT2D eigenvalue weighted by molar-refractivity contribution is 0.259. The zero-order chi connectivity index (χ0) is 17.5. The van der Waals surface area contributed by atoms with Gasteiger partial charge in [-0.25, -0.2) is 0 Å². The first-order valence-corrected chi connectivity index (χ1v) is 10.7. The second-order valence-corrected chi connectivity index (χ2v) is 7.97. The highest BCUT2D eigenvalue weighted by Gasteiger charge is 2.22. The van der Waals surface area contributed by atoms with Crippen LogP contribution in [0.4, 0.5) is 0 Å². The number of likely N-dealkylation sites (N-methyl/N-ethyl adjacent to an activating group) is 1. The summed E-state index contributed by atoms with van der Waals surface area (Å²) in [5.74, 6) is 0.971. The van der Waals surface area contributed by atoms with Crippen LogP contribution in [0.25, 0.3) is 0 Å². The monoisotopic (exact) mass is 491 g/mol. The van der Waals surface area contributed by atoms with Crippen molar-refractivity contribution < 1.29 is 0 Å². The Bertz CT molecular complexity index is 562. The molecule has 1 atom stereocenters. The van der Waals surface area contributed by atoms with Gasteiger partial charge >= 0.3 is 0 Å². The molecule has 0 spiro atoms. The lowest BCUT2D eigenvalue weighted by Crippen LogP contribution is -2.43. The number of nitrogens with one attached hydrogen (secondary N) is 2. The van der Waals surface area contributed by atoms with Crippen molar-refractivity contribution in [3.05, 3.63) is 21.9 Å². The molecule has 7 heteroatoms. The van der Waals surface area contributed by atoms with Crippen LogP contribution < -0.4 is 10.6 Å². The van der Waals surface area contributed by atoms with E-state index in [0.717, 1.165) is 45.2 Å². The normalized spacial score (nSPS) is 21.3. The fourth-order valence-electron chi connectivity index (χ4n) is 3.89. The van der Waals surface area contributed by atoms with E-state index in [-0.39, 0.29) is 24.0 Å². The molecule has 5 nitrogen and oxygen atoms in total. The number of rotatable bonds is 7. The van der Waals surface area contributed by atoms with E-state index < -0.39 is 0 Å². The fourth-order valence-corrected chi connectivity index (χ4v) is 4.78. The lowest BCUT2D eigenvalue weighted by atomic mass is 10.1. The van der Waals surface area contributed by atoms with Crippen molar-refractivity contribution in [3.8, 4) is 0 Å². The van der Waals surface area contributed by atoms with Crippen LogP contribution in [0.1, 0.15) is 37.1 Å². The van der Waals surface area contributed by atoms with E-state index in [1.165, 1.54) is 37.9 Å². The number of aliphatic imine (C=N–C) groups is 1. The number of fused-ring (bicyclic) bond motifs is 1. The van der Waals surface area contributed by atoms with Crippen LogP contribution in [-0.4, -0.2) is 67.6 Å². The molecule has 3 heterocycles. The predicted octanol–water partition coefficient (Wildman–Crippen LogP) is 2.76. The second kappa shape index (κ2) is 11.5. The Hall–Kier alpha value is -0.380. The summed E-state index contributed by atoms with van der Waals surface area (Å²) in [5.41, 5.74) is 1.53. The number of thiophene rings is 1. The first-order chi connectivity index (χ1) is 12.3. The molecule has 0 amide bonds. The number of likely N-dealkylation sites (tertiary alicyclic amines) is 1. The largest absolute Gasteiger partial charge is 0.357 e. The van der Waals surface area contributed by atoms with Gasteiger partial charge in [-0.2, -0.15) is 0 Å². The van der Waals surface area contributed by atoms with E-state index in [9.17, 15) is 0 Å². The van der Waals surface area contributed by atoms with Gasteiger partial charge in [0.25, 0.3) is 0 Å². The van der Waals surface area contributed by atoms with Gasteiger partial charge in [0.1, 0.15) is 0 Å². The molecule has 2 aliphatic heterocycles. The average molecular weight is 491 g/mol. The van der Waals surface area contributed by atoms with Gasteiger partial charge in [-0.15, -0.1) is 35.3 Å². The van der Waals surface area contributed by atoms with Gasteiger partial charge in [-0.05, 0) is 56.3 Å². The van der Waals surface area contributed by atoms with E-state index in [0.29, 0.717) is 6.04 Å². The molecule has 2 N–H and O–H groups in total. The minimum Gasteiger partial charge on any atom is -0.357 e. The molecule has 3 rings (SSSR count). The van der Waals surface area contributed by atoms with Crippen molar-refractivity contribution in [1.29, 1.82) is 0 Å². The van der Waals surface area contributed by atoms with Crippen molar-refractivity contribution in [1.82, 2.24) is 20.4 Å². The molecule has 1 saturated heterocycles. The summed E-state index contributed by atoms with van der Waals surface area (Å²) in [5, 5.41) is 9.14. The van der Waals surface area contributed by atoms with Gasteiger partial charge in [0.15, 0.2) is 5.96 Å². The molecule has 0 bridgehead atoms. The Kier molecular flexibility index (Phi) is 9.66. The van der Waals surface area contributed by atoms with Gasteiger partial charge in [-0.1, -0.05) is 6.92 Å². The van der Waals surface area contributed by atoms with E-state index >= 15 is 0 Å². The molecule has 1 aromatic rings. The van der Waals surface area contributed by atoms with Gasteiger partial charge in [0, 0.05) is 43.6 Å². The van der Waals surface area contributed by atoms with E-state index in [1.807, 2.05) is 11.3 Å². The van der Waals surface area contributed by atoms with Crippen LogP contribution in [0.5, 0.6) is 0 Å². The molecule has 0 saturated carbocycles. The Morgan fingerprint density at radius 2 is 2.19 bits per heavy atom. The summed E-state index contributed by atoms with van der Waals surface area (Å²) in [7, 11) is 0. The van der Waals surface area contributed by atoms with Crippen molar-refractivity contribution in [3.63, 3.8) is 0 Å². The maximum Gasteiger partial charge on any atom is 0.191 e. The Morgan fingerprint density at radius 1 is 1.31 bits per heavy atom. The average Bonchev–Trinajstić information content (AvgIpc) is 3.27. The van der Waals surface area contributed by atoms with Crippen molar-refractivity contribution in [2.24, 2.45) is 4.99 Å². The van der Waals surface area contributed by atoms with E-state index in [1.54, 1.807) is 4.88 Å². The van der Waals surface area contributed by atoms with E-state index in [4.69, 9.17) is 4.99 Å². The predicted molar refractivity (Wildman–Crippen MR) is 123 cm³/mol. The molecule has 26 heavy (non-hydrogen) atoms. The van der Waals surface area contributed by atoms with Gasteiger partial charge < -0.3 is 10.6 Å². The Morgan fingerprint density at radius 3 is 3.00 bits per heavy atom. The molecule has 1 unspecified atom stereocenters. The van der Waals surface area contributed by atoms with Crippen LogP contribution in [0.2, 0.25) is 0 Å². The minimum atomic E-state index is 0. The van der Waals surface area contributed by atoms with Crippen molar-refractivity contribution in [2.45, 2.75) is 45.7 Å². The maximum absolute atomic E-state index is 4.84. The smallest absolute Gasteiger partial charge is 0.191 e. The van der Waals surface area contributed by atoms with E-state index in [2.05, 4.69) is 45.7 Å². The number of hydrogen-bond acceptors (Lipinski definition) is 4. The lowest BCUT2D eigenvalue weighted by Gasteiger charge is -2.27. The van der Waals surface area contributed by atoms with Gasteiger partial charge in [0.05, 0.1) is 6.54 Å². The summed E-state index contributed by atoms with van der Waals surface area (Å²) < 4.78 is 0. The second-order valence-electron chi connectivity index (χ2n) is 6.97. The third kappa shape index (κ3) is 6.07. The number of halogens is 1. The highest BCUT2D eigenvalue weighted by atomic mass is 127. The van der Waals surface area contributed by atoms with Crippen LogP contribution in [-0.2, 0) is 13.0 Å². The molecule has 1 aromatic heterocycles. The number of guanidine groups is 1. The third-order valence-corrected chi connectivity index (χ3v) is 6.34. The molecule has 0 aromatic carbocycles. The molecule has 0 aliphatic carbocycles. The zero-order valence-electron chi connectivity index (χ0n) is 16.2. The molecule has 0 radical (unpaired) electrons. The summed E-state index contributed by atoms with van der Waals surface area (Å²) >= 11 is 1.91. The first-order valence-electron chi connectivity index (χ1n) is 9.84. The summed E-state index contributed by atoms with van der Waals surface area (Å²) in [6, 6.07) is 2.91. The number of hydrogen-bond donors (Lipinski definition) is 2. The molecule has 2 aliphatic rings. The molecule has 148 valence electrons. The molecular weight excluding hydrogens is 457 g/mol. The Labute approximate surface area is 179 Å². The summed E-state index contributed by atoms with van der Waals surface area (Å²) in [6.45, 7) is 12.9. The summed E-state index contributed by atoms with van der Waals surface area (Å²) in [6.07, 6.45) is 3.81. The molecular formula is C19H34IN5S. The standard InChI is InChI=1S/C19H33N5S.HI/c1-3-20-19(22-14-17-6-5-10-24(17)4-2)21-9-12-23-11-7-18-16(15-23)8-13-25-18;/h8,13,17H,3-7,9-12,14-15H2,1-2H3,(H2,20,21,22);1H. The van der Waals surface area contributed by atoms with Crippen molar-refractivity contribution >= 4 is 41.3 Å². The highest BCUT2D eigenvalue weighted by Crippen LogP contribution is 2.23. The summed E-state index contributed by atoms with van der Waals surface area (Å²) in [4.78, 5) is 11.5. The SMILES string of the molecule is CCNC(=NCC1CCCN1CC)NCCN1CCc2sccc2C1.I. The van der Waals surface area contributed by atoms with Crippen LogP contribution in [0.15, 0.2) is 16.4 Å². The highest BCUT2D eigenvalue weighted by molar-refractivity contribution is 14.0. The van der Waals surface area contributed by atoms with Gasteiger partial charge in [0.2, 0.25) is 0 Å². The fraction of sp³-hybridized carbons (Fsp3) is 0.737. The quantitative estimate of drug-likeness (QED) is 0.350. The third-order valence-electron chi connectivity index (χ3n) is 5.32. The first kappa shape index (κ1) is 21.9. The minimum absolute atomic E-state index is 0. The number of nitrogens with zero attached hydrogens (tertiary/aromatic N) is 3. The van der Waals surface area contributed by atoms with Crippen LogP contribution in [0, 0.1) is 0 Å². The van der Waals surface area contributed by atoms with Crippen LogP contribution in [0.3, 0.4) is 0 Å².